The van der Waals surface area contributed by atoms with Crippen molar-refractivity contribution in [2.24, 2.45) is 11.8 Å². The van der Waals surface area contributed by atoms with Crippen LogP contribution in [0.4, 0.5) is 0 Å². The van der Waals surface area contributed by atoms with Gasteiger partial charge in [-0.05, 0) is 52.0 Å². The Hall–Kier alpha value is -1.20. The van der Waals surface area contributed by atoms with E-state index in [9.17, 15) is 9.59 Å². The standard InChI is InChI=1S/C19H27BrN2O2/c1-22(2)13-5-12-21-19(24)17-7-4-3-6-16(17)18(23)14-8-10-15(20)11-9-14/h8-11,16-17H,3-7,12-13H2,1-2H3,(H,21,24). The molecule has 0 bridgehead atoms. The van der Waals surface area contributed by atoms with Crippen molar-refractivity contribution in [3.05, 3.63) is 34.3 Å². The number of halogens is 1. The zero-order valence-corrected chi connectivity index (χ0v) is 16.1. The molecule has 0 saturated heterocycles. The second-order valence-corrected chi connectivity index (χ2v) is 7.73. The molecule has 0 radical (unpaired) electrons. The van der Waals surface area contributed by atoms with Gasteiger partial charge in [0.25, 0.3) is 0 Å². The van der Waals surface area contributed by atoms with Crippen molar-refractivity contribution in [1.29, 1.82) is 0 Å². The van der Waals surface area contributed by atoms with E-state index in [1.54, 1.807) is 0 Å². The quantitative estimate of drug-likeness (QED) is 0.568. The number of hydrogen-bond donors (Lipinski definition) is 1. The highest BCUT2D eigenvalue weighted by atomic mass is 79.9. The largest absolute Gasteiger partial charge is 0.356 e. The number of amides is 1. The van der Waals surface area contributed by atoms with Gasteiger partial charge in [0, 0.05) is 28.4 Å². The highest BCUT2D eigenvalue weighted by Crippen LogP contribution is 2.33. The van der Waals surface area contributed by atoms with Crippen molar-refractivity contribution >= 4 is 27.6 Å². The van der Waals surface area contributed by atoms with Crippen LogP contribution in [-0.2, 0) is 4.79 Å². The van der Waals surface area contributed by atoms with E-state index < -0.39 is 0 Å². The number of nitrogens with zero attached hydrogens (tertiary/aromatic N) is 1. The van der Waals surface area contributed by atoms with Gasteiger partial charge in [0.1, 0.15) is 0 Å². The predicted octanol–water partition coefficient (Wildman–Crippen LogP) is 3.51. The van der Waals surface area contributed by atoms with Crippen LogP contribution in [0.2, 0.25) is 0 Å². The molecule has 1 aromatic carbocycles. The maximum atomic E-state index is 12.8. The second kappa shape index (κ2) is 9.33. The number of ketones is 1. The van der Waals surface area contributed by atoms with Crippen LogP contribution in [0, 0.1) is 11.8 Å². The third-order valence-corrected chi connectivity index (χ3v) is 5.18. The van der Waals surface area contributed by atoms with Gasteiger partial charge in [-0.15, -0.1) is 0 Å². The molecule has 1 saturated carbocycles. The molecule has 24 heavy (non-hydrogen) atoms. The zero-order chi connectivity index (χ0) is 17.5. The topological polar surface area (TPSA) is 49.4 Å². The molecule has 0 aromatic heterocycles. The fourth-order valence-electron chi connectivity index (χ4n) is 3.32. The van der Waals surface area contributed by atoms with Crippen molar-refractivity contribution in [3.63, 3.8) is 0 Å². The Labute approximate surface area is 153 Å². The number of Topliss-reactive ketones (excluding diaryl/α,β-unsaturated/α-hetero) is 1. The fourth-order valence-corrected chi connectivity index (χ4v) is 3.59. The Morgan fingerprint density at radius 2 is 1.75 bits per heavy atom. The summed E-state index contributed by atoms with van der Waals surface area (Å²) in [4.78, 5) is 27.5. The molecule has 5 heteroatoms. The lowest BCUT2D eigenvalue weighted by Gasteiger charge is -2.29. The molecule has 1 aromatic rings. The van der Waals surface area contributed by atoms with E-state index in [-0.39, 0.29) is 23.5 Å². The van der Waals surface area contributed by atoms with Gasteiger partial charge in [-0.1, -0.05) is 40.9 Å². The molecule has 132 valence electrons. The molecular weight excluding hydrogens is 368 g/mol. The van der Waals surface area contributed by atoms with Crippen molar-refractivity contribution in [1.82, 2.24) is 10.2 Å². The van der Waals surface area contributed by atoms with E-state index in [1.165, 1.54) is 0 Å². The van der Waals surface area contributed by atoms with Crippen molar-refractivity contribution < 1.29 is 9.59 Å². The molecule has 1 aliphatic carbocycles. The van der Waals surface area contributed by atoms with E-state index in [1.807, 2.05) is 38.4 Å². The summed E-state index contributed by atoms with van der Waals surface area (Å²) in [6, 6.07) is 7.44. The van der Waals surface area contributed by atoms with Crippen molar-refractivity contribution in [2.45, 2.75) is 32.1 Å². The number of nitrogens with one attached hydrogen (secondary N) is 1. The third kappa shape index (κ3) is 5.42. The van der Waals surface area contributed by atoms with Gasteiger partial charge < -0.3 is 10.2 Å². The van der Waals surface area contributed by atoms with Gasteiger partial charge in [-0.25, -0.2) is 0 Å². The zero-order valence-electron chi connectivity index (χ0n) is 14.6. The minimum Gasteiger partial charge on any atom is -0.356 e. The van der Waals surface area contributed by atoms with Gasteiger partial charge in [0.15, 0.2) is 5.78 Å². The van der Waals surface area contributed by atoms with Crippen LogP contribution in [0.5, 0.6) is 0 Å². The maximum Gasteiger partial charge on any atom is 0.223 e. The summed E-state index contributed by atoms with van der Waals surface area (Å²) in [6.07, 6.45) is 4.60. The highest BCUT2D eigenvalue weighted by molar-refractivity contribution is 9.10. The van der Waals surface area contributed by atoms with E-state index >= 15 is 0 Å². The Balaban J connectivity index is 1.97. The number of hydrogen-bond acceptors (Lipinski definition) is 3. The van der Waals surface area contributed by atoms with Crippen LogP contribution >= 0.6 is 15.9 Å². The molecule has 0 spiro atoms. The Kier molecular flexibility index (Phi) is 7.43. The summed E-state index contributed by atoms with van der Waals surface area (Å²) in [7, 11) is 4.05. The van der Waals surface area contributed by atoms with E-state index in [0.29, 0.717) is 12.1 Å². The number of benzene rings is 1. The lowest BCUT2D eigenvalue weighted by molar-refractivity contribution is -0.127. The van der Waals surface area contributed by atoms with Crippen LogP contribution in [0.1, 0.15) is 42.5 Å². The summed E-state index contributed by atoms with van der Waals surface area (Å²) in [5.74, 6) is -0.220. The molecule has 1 amide bonds. The van der Waals surface area contributed by atoms with Gasteiger partial charge in [-0.3, -0.25) is 9.59 Å². The van der Waals surface area contributed by atoms with Crippen LogP contribution in [0.3, 0.4) is 0 Å². The number of carbonyl (C=O) groups excluding carboxylic acids is 2. The highest BCUT2D eigenvalue weighted by Gasteiger charge is 2.35. The summed E-state index contributed by atoms with van der Waals surface area (Å²) in [5, 5.41) is 3.03. The van der Waals surface area contributed by atoms with Gasteiger partial charge in [0.05, 0.1) is 0 Å². The molecular formula is C19H27BrN2O2. The maximum absolute atomic E-state index is 12.8. The smallest absolute Gasteiger partial charge is 0.223 e. The molecule has 0 heterocycles. The molecule has 4 nitrogen and oxygen atoms in total. The second-order valence-electron chi connectivity index (χ2n) is 6.82. The first-order valence-corrected chi connectivity index (χ1v) is 9.50. The summed E-state index contributed by atoms with van der Waals surface area (Å²) in [6.45, 7) is 1.62. The average molecular weight is 395 g/mol. The Bertz CT molecular complexity index is 557. The normalized spacial score (nSPS) is 20.8. The number of rotatable bonds is 7. The first-order valence-electron chi connectivity index (χ1n) is 8.71. The first-order chi connectivity index (χ1) is 11.5. The van der Waals surface area contributed by atoms with Crippen LogP contribution < -0.4 is 5.32 Å². The third-order valence-electron chi connectivity index (χ3n) is 4.65. The molecule has 2 unspecified atom stereocenters. The number of carbonyl (C=O) groups is 2. The van der Waals surface area contributed by atoms with Crippen LogP contribution in [0.15, 0.2) is 28.7 Å². The van der Waals surface area contributed by atoms with E-state index in [2.05, 4.69) is 26.1 Å². The summed E-state index contributed by atoms with van der Waals surface area (Å²) >= 11 is 3.39. The predicted molar refractivity (Wildman–Crippen MR) is 100 cm³/mol. The van der Waals surface area contributed by atoms with Gasteiger partial charge >= 0.3 is 0 Å². The molecule has 1 N–H and O–H groups in total. The summed E-state index contributed by atoms with van der Waals surface area (Å²) in [5.41, 5.74) is 0.704. The van der Waals surface area contributed by atoms with Gasteiger partial charge in [0.2, 0.25) is 5.91 Å². The van der Waals surface area contributed by atoms with Crippen LogP contribution in [-0.4, -0.2) is 43.8 Å². The van der Waals surface area contributed by atoms with Crippen molar-refractivity contribution in [3.8, 4) is 0 Å². The molecule has 1 fully saturated rings. The minimum absolute atomic E-state index is 0.0453. The van der Waals surface area contributed by atoms with E-state index in [4.69, 9.17) is 0 Å². The Morgan fingerprint density at radius 1 is 1.12 bits per heavy atom. The minimum atomic E-state index is -0.186. The SMILES string of the molecule is CN(C)CCCNC(=O)C1CCCCC1C(=O)c1ccc(Br)cc1. The van der Waals surface area contributed by atoms with Crippen molar-refractivity contribution in [2.75, 3.05) is 27.2 Å². The lowest BCUT2D eigenvalue weighted by Crippen LogP contribution is -2.40. The van der Waals surface area contributed by atoms with Gasteiger partial charge in [-0.2, -0.15) is 0 Å². The molecule has 2 atom stereocenters. The summed E-state index contributed by atoms with van der Waals surface area (Å²) < 4.78 is 0.956. The van der Waals surface area contributed by atoms with Crippen LogP contribution in [0.25, 0.3) is 0 Å². The molecule has 2 rings (SSSR count). The van der Waals surface area contributed by atoms with E-state index in [0.717, 1.165) is 43.1 Å². The molecule has 0 aliphatic heterocycles. The molecule has 1 aliphatic rings. The fraction of sp³-hybridized carbons (Fsp3) is 0.579. The average Bonchev–Trinajstić information content (AvgIpc) is 2.58. The monoisotopic (exact) mass is 394 g/mol. The Morgan fingerprint density at radius 3 is 2.38 bits per heavy atom. The lowest BCUT2D eigenvalue weighted by atomic mass is 9.75. The first kappa shape index (κ1) is 19.1.